The Morgan fingerprint density at radius 1 is 1.27 bits per heavy atom. The predicted molar refractivity (Wildman–Crippen MR) is 68.0 cm³/mol. The van der Waals surface area contributed by atoms with Gasteiger partial charge in [-0.3, -0.25) is 0 Å². The molecule has 1 saturated carbocycles. The Kier molecular flexibility index (Phi) is 5.66. The quantitative estimate of drug-likeness (QED) is 0.728. The Hall–Kier alpha value is -0.0400. The van der Waals surface area contributed by atoms with Crippen LogP contribution in [-0.2, 0) is 0 Å². The van der Waals surface area contributed by atoms with Crippen LogP contribution in [0.15, 0.2) is 0 Å². The van der Waals surface area contributed by atoms with E-state index in [-0.39, 0.29) is 0 Å². The highest BCUT2D eigenvalue weighted by atomic mass is 14.9. The van der Waals surface area contributed by atoms with Crippen LogP contribution in [0.5, 0.6) is 0 Å². The molecule has 4 unspecified atom stereocenters. The third kappa shape index (κ3) is 3.79. The molecule has 0 aromatic heterocycles. The fourth-order valence-corrected chi connectivity index (χ4v) is 3.13. The van der Waals surface area contributed by atoms with Crippen LogP contribution in [-0.4, -0.2) is 12.6 Å². The summed E-state index contributed by atoms with van der Waals surface area (Å²) in [5, 5.41) is 3.72. The maximum atomic E-state index is 3.72. The minimum atomic E-state index is 0.766. The number of hydrogen-bond donors (Lipinski definition) is 1. The standard InChI is InChI=1S/C14H29N/c1-5-12(4)14(15-6-2)13-9-7-8-11(3)10-13/h11-15H,5-10H2,1-4H3. The first-order chi connectivity index (χ1) is 7.19. The molecule has 0 aliphatic heterocycles. The van der Waals surface area contributed by atoms with Crippen molar-refractivity contribution in [2.24, 2.45) is 17.8 Å². The van der Waals surface area contributed by atoms with Crippen molar-refractivity contribution in [2.75, 3.05) is 6.54 Å². The van der Waals surface area contributed by atoms with E-state index >= 15 is 0 Å². The van der Waals surface area contributed by atoms with Gasteiger partial charge in [-0.1, -0.05) is 47.0 Å². The van der Waals surface area contributed by atoms with Crippen LogP contribution >= 0.6 is 0 Å². The average molecular weight is 211 g/mol. The first kappa shape index (κ1) is 13.0. The van der Waals surface area contributed by atoms with E-state index in [9.17, 15) is 0 Å². The van der Waals surface area contributed by atoms with Crippen LogP contribution in [0.2, 0.25) is 0 Å². The summed E-state index contributed by atoms with van der Waals surface area (Å²) < 4.78 is 0. The van der Waals surface area contributed by atoms with E-state index in [1.54, 1.807) is 0 Å². The minimum Gasteiger partial charge on any atom is -0.314 e. The molecular formula is C14H29N. The van der Waals surface area contributed by atoms with E-state index in [1.807, 2.05) is 0 Å². The van der Waals surface area contributed by atoms with Gasteiger partial charge in [0.05, 0.1) is 0 Å². The molecular weight excluding hydrogens is 182 g/mol. The number of nitrogens with one attached hydrogen (secondary N) is 1. The fourth-order valence-electron chi connectivity index (χ4n) is 3.13. The molecule has 1 heteroatoms. The molecule has 1 nitrogen and oxygen atoms in total. The number of rotatable bonds is 5. The van der Waals surface area contributed by atoms with Gasteiger partial charge in [-0.2, -0.15) is 0 Å². The fraction of sp³-hybridized carbons (Fsp3) is 1.00. The second kappa shape index (κ2) is 6.52. The van der Waals surface area contributed by atoms with Crippen molar-refractivity contribution >= 4 is 0 Å². The van der Waals surface area contributed by atoms with Crippen LogP contribution in [0.1, 0.15) is 59.8 Å². The largest absolute Gasteiger partial charge is 0.314 e. The second-order valence-corrected chi connectivity index (χ2v) is 5.50. The highest BCUT2D eigenvalue weighted by Crippen LogP contribution is 2.33. The monoisotopic (exact) mass is 211 g/mol. The van der Waals surface area contributed by atoms with Crippen molar-refractivity contribution in [3.8, 4) is 0 Å². The average Bonchev–Trinajstić information content (AvgIpc) is 2.25. The van der Waals surface area contributed by atoms with Gasteiger partial charge in [-0.05, 0) is 37.1 Å². The minimum absolute atomic E-state index is 0.766. The molecule has 15 heavy (non-hydrogen) atoms. The zero-order chi connectivity index (χ0) is 11.3. The van der Waals surface area contributed by atoms with Crippen molar-refractivity contribution in [1.82, 2.24) is 5.32 Å². The maximum absolute atomic E-state index is 3.72. The van der Waals surface area contributed by atoms with Gasteiger partial charge in [0.25, 0.3) is 0 Å². The lowest BCUT2D eigenvalue weighted by Gasteiger charge is -2.37. The predicted octanol–water partition coefficient (Wildman–Crippen LogP) is 3.84. The van der Waals surface area contributed by atoms with Crippen molar-refractivity contribution in [1.29, 1.82) is 0 Å². The zero-order valence-corrected chi connectivity index (χ0v) is 11.1. The van der Waals surface area contributed by atoms with E-state index in [1.165, 1.54) is 32.1 Å². The summed E-state index contributed by atoms with van der Waals surface area (Å²) in [7, 11) is 0. The van der Waals surface area contributed by atoms with Crippen molar-refractivity contribution in [3.63, 3.8) is 0 Å². The molecule has 0 heterocycles. The molecule has 1 aliphatic rings. The van der Waals surface area contributed by atoms with Crippen LogP contribution in [0.3, 0.4) is 0 Å². The van der Waals surface area contributed by atoms with Crippen LogP contribution < -0.4 is 5.32 Å². The molecule has 0 bridgehead atoms. The highest BCUT2D eigenvalue weighted by Gasteiger charge is 2.28. The van der Waals surface area contributed by atoms with E-state index in [0.29, 0.717) is 0 Å². The summed E-state index contributed by atoms with van der Waals surface area (Å²) in [6.45, 7) is 10.5. The first-order valence-corrected chi connectivity index (χ1v) is 6.92. The number of hydrogen-bond acceptors (Lipinski definition) is 1. The van der Waals surface area contributed by atoms with Crippen molar-refractivity contribution in [3.05, 3.63) is 0 Å². The third-order valence-corrected chi connectivity index (χ3v) is 4.18. The Morgan fingerprint density at radius 2 is 2.00 bits per heavy atom. The summed E-state index contributed by atoms with van der Waals surface area (Å²) in [5.41, 5.74) is 0. The molecule has 4 atom stereocenters. The van der Waals surface area contributed by atoms with Gasteiger partial charge in [0.1, 0.15) is 0 Å². The highest BCUT2D eigenvalue weighted by molar-refractivity contribution is 4.84. The topological polar surface area (TPSA) is 12.0 Å². The van der Waals surface area contributed by atoms with Gasteiger partial charge in [-0.25, -0.2) is 0 Å². The smallest absolute Gasteiger partial charge is 0.0121 e. The summed E-state index contributed by atoms with van der Waals surface area (Å²) in [6.07, 6.45) is 7.11. The normalized spacial score (nSPS) is 31.2. The SMILES string of the molecule is CCNC(C(C)CC)C1CCCC(C)C1. The molecule has 1 aliphatic carbocycles. The lowest BCUT2D eigenvalue weighted by Crippen LogP contribution is -2.42. The summed E-state index contributed by atoms with van der Waals surface area (Å²) in [4.78, 5) is 0. The molecule has 0 aromatic carbocycles. The first-order valence-electron chi connectivity index (χ1n) is 6.92. The molecule has 1 rings (SSSR count). The molecule has 0 spiro atoms. The third-order valence-electron chi connectivity index (χ3n) is 4.18. The van der Waals surface area contributed by atoms with Crippen molar-refractivity contribution < 1.29 is 0 Å². The van der Waals surface area contributed by atoms with Gasteiger partial charge in [0.15, 0.2) is 0 Å². The molecule has 0 amide bonds. The summed E-state index contributed by atoms with van der Waals surface area (Å²) in [5.74, 6) is 2.72. The van der Waals surface area contributed by atoms with Gasteiger partial charge < -0.3 is 5.32 Å². The van der Waals surface area contributed by atoms with Gasteiger partial charge >= 0.3 is 0 Å². The van der Waals surface area contributed by atoms with Crippen LogP contribution in [0.25, 0.3) is 0 Å². The molecule has 0 aromatic rings. The summed E-state index contributed by atoms with van der Waals surface area (Å²) in [6, 6.07) is 0.766. The lowest BCUT2D eigenvalue weighted by atomic mass is 9.75. The zero-order valence-electron chi connectivity index (χ0n) is 11.1. The molecule has 1 fully saturated rings. The van der Waals surface area contributed by atoms with E-state index in [4.69, 9.17) is 0 Å². The lowest BCUT2D eigenvalue weighted by molar-refractivity contribution is 0.182. The second-order valence-electron chi connectivity index (χ2n) is 5.50. The van der Waals surface area contributed by atoms with Gasteiger partial charge in [0.2, 0.25) is 0 Å². The van der Waals surface area contributed by atoms with Crippen molar-refractivity contribution in [2.45, 2.75) is 65.8 Å². The molecule has 1 N–H and O–H groups in total. The Bertz CT molecular complexity index is 167. The summed E-state index contributed by atoms with van der Waals surface area (Å²) >= 11 is 0. The molecule has 0 saturated heterocycles. The van der Waals surface area contributed by atoms with Gasteiger partial charge in [-0.15, -0.1) is 0 Å². The van der Waals surface area contributed by atoms with E-state index < -0.39 is 0 Å². The molecule has 90 valence electrons. The molecule has 0 radical (unpaired) electrons. The van der Waals surface area contributed by atoms with E-state index in [0.717, 1.165) is 30.3 Å². The Morgan fingerprint density at radius 3 is 2.53 bits per heavy atom. The Balaban J connectivity index is 2.53. The van der Waals surface area contributed by atoms with Crippen LogP contribution in [0.4, 0.5) is 0 Å². The van der Waals surface area contributed by atoms with Gasteiger partial charge in [0, 0.05) is 6.04 Å². The Labute approximate surface area is 96.0 Å². The van der Waals surface area contributed by atoms with E-state index in [2.05, 4.69) is 33.0 Å². The maximum Gasteiger partial charge on any atom is 0.0121 e. The van der Waals surface area contributed by atoms with Crippen LogP contribution in [0, 0.1) is 17.8 Å².